The van der Waals surface area contributed by atoms with Crippen molar-refractivity contribution in [2.24, 2.45) is 10.6 Å². The van der Waals surface area contributed by atoms with Gasteiger partial charge >= 0.3 is 0 Å². The molecule has 0 radical (unpaired) electrons. The van der Waals surface area contributed by atoms with Gasteiger partial charge in [0.15, 0.2) is 0 Å². The molecule has 2 atom stereocenters. The standard InChI is InChI=1S/C16H26N2O2S/c1-12(18-15-6-4-5-11-16(15,2)3)13-7-9-14(10-8-13)21(17,19)20/h7-10,12,15,18H,4-6,11H2,1-3H3,(H2,17,19,20). The van der Waals surface area contributed by atoms with E-state index in [9.17, 15) is 8.42 Å². The lowest BCUT2D eigenvalue weighted by atomic mass is 9.73. The summed E-state index contributed by atoms with van der Waals surface area (Å²) in [4.78, 5) is 0.163. The highest BCUT2D eigenvalue weighted by atomic mass is 32.2. The third kappa shape index (κ3) is 4.05. The van der Waals surface area contributed by atoms with Crippen LogP contribution in [0.25, 0.3) is 0 Å². The van der Waals surface area contributed by atoms with Crippen LogP contribution < -0.4 is 10.5 Å². The Morgan fingerprint density at radius 1 is 1.24 bits per heavy atom. The molecule has 2 unspecified atom stereocenters. The van der Waals surface area contributed by atoms with Gasteiger partial charge in [-0.15, -0.1) is 0 Å². The zero-order chi connectivity index (χ0) is 15.7. The van der Waals surface area contributed by atoms with Crippen LogP contribution in [-0.4, -0.2) is 14.5 Å². The van der Waals surface area contributed by atoms with E-state index in [4.69, 9.17) is 5.14 Å². The van der Waals surface area contributed by atoms with Gasteiger partial charge in [0.05, 0.1) is 4.90 Å². The number of benzene rings is 1. The minimum Gasteiger partial charge on any atom is -0.307 e. The zero-order valence-electron chi connectivity index (χ0n) is 13.1. The molecule has 3 N–H and O–H groups in total. The van der Waals surface area contributed by atoms with E-state index in [2.05, 4.69) is 26.1 Å². The predicted octanol–water partition coefficient (Wildman–Crippen LogP) is 2.95. The maximum absolute atomic E-state index is 11.3. The number of nitrogens with two attached hydrogens (primary N) is 1. The monoisotopic (exact) mass is 310 g/mol. The Balaban J connectivity index is 2.08. The fraction of sp³-hybridized carbons (Fsp3) is 0.625. The van der Waals surface area contributed by atoms with Gasteiger partial charge in [0.1, 0.15) is 0 Å². The van der Waals surface area contributed by atoms with Gasteiger partial charge in [-0.25, -0.2) is 13.6 Å². The summed E-state index contributed by atoms with van der Waals surface area (Å²) in [7, 11) is -3.61. The molecule has 1 aromatic rings. The van der Waals surface area contributed by atoms with Crippen molar-refractivity contribution in [3.05, 3.63) is 29.8 Å². The van der Waals surface area contributed by atoms with Crippen LogP contribution in [0.4, 0.5) is 0 Å². The lowest BCUT2D eigenvalue weighted by molar-refractivity contribution is 0.157. The molecule has 0 bridgehead atoms. The smallest absolute Gasteiger partial charge is 0.238 e. The van der Waals surface area contributed by atoms with Gasteiger partial charge in [-0.2, -0.15) is 0 Å². The highest BCUT2D eigenvalue weighted by molar-refractivity contribution is 7.89. The average Bonchev–Trinajstić information content (AvgIpc) is 2.40. The molecule has 1 saturated carbocycles. The van der Waals surface area contributed by atoms with Crippen molar-refractivity contribution in [2.45, 2.75) is 63.4 Å². The quantitative estimate of drug-likeness (QED) is 0.898. The number of rotatable bonds is 4. The van der Waals surface area contributed by atoms with Gasteiger partial charge in [-0.1, -0.05) is 38.8 Å². The van der Waals surface area contributed by atoms with Gasteiger partial charge in [0, 0.05) is 12.1 Å². The topological polar surface area (TPSA) is 72.2 Å². The summed E-state index contributed by atoms with van der Waals surface area (Å²) in [6.45, 7) is 6.76. The van der Waals surface area contributed by atoms with Gasteiger partial charge in [-0.05, 0) is 42.9 Å². The van der Waals surface area contributed by atoms with Gasteiger partial charge in [0.25, 0.3) is 0 Å². The van der Waals surface area contributed by atoms with Crippen LogP contribution in [0.1, 0.15) is 58.1 Å². The summed E-state index contributed by atoms with van der Waals surface area (Å²) in [6.07, 6.45) is 5.04. The second-order valence-corrected chi connectivity index (χ2v) is 8.35. The summed E-state index contributed by atoms with van der Waals surface area (Å²) >= 11 is 0. The Morgan fingerprint density at radius 2 is 1.86 bits per heavy atom. The summed E-state index contributed by atoms with van der Waals surface area (Å²) in [5, 5.41) is 8.83. The van der Waals surface area contributed by atoms with E-state index in [1.54, 1.807) is 12.1 Å². The van der Waals surface area contributed by atoms with Gasteiger partial charge in [0.2, 0.25) is 10.0 Å². The van der Waals surface area contributed by atoms with E-state index in [-0.39, 0.29) is 10.9 Å². The van der Waals surface area contributed by atoms with Crippen LogP contribution in [0, 0.1) is 5.41 Å². The highest BCUT2D eigenvalue weighted by Gasteiger charge is 2.32. The maximum atomic E-state index is 11.3. The van der Waals surface area contributed by atoms with E-state index < -0.39 is 10.0 Å². The van der Waals surface area contributed by atoms with Crippen molar-refractivity contribution < 1.29 is 8.42 Å². The molecule has 1 aromatic carbocycles. The summed E-state index contributed by atoms with van der Waals surface area (Å²) in [6, 6.07) is 7.53. The molecule has 21 heavy (non-hydrogen) atoms. The normalized spacial score (nSPS) is 23.7. The Kier molecular flexibility index (Phi) is 4.76. The van der Waals surface area contributed by atoms with E-state index in [0.717, 1.165) is 5.56 Å². The molecule has 1 aliphatic rings. The lowest BCUT2D eigenvalue weighted by Crippen LogP contribution is -2.45. The first-order valence-electron chi connectivity index (χ1n) is 7.59. The van der Waals surface area contributed by atoms with E-state index in [0.29, 0.717) is 11.5 Å². The third-order valence-electron chi connectivity index (χ3n) is 4.67. The first kappa shape index (κ1) is 16.5. The van der Waals surface area contributed by atoms with E-state index in [1.807, 2.05) is 12.1 Å². The van der Waals surface area contributed by atoms with Crippen LogP contribution in [0.15, 0.2) is 29.2 Å². The molecule has 0 aromatic heterocycles. The van der Waals surface area contributed by atoms with E-state index in [1.165, 1.54) is 25.7 Å². The van der Waals surface area contributed by atoms with Crippen molar-refractivity contribution in [3.8, 4) is 0 Å². The maximum Gasteiger partial charge on any atom is 0.238 e. The first-order valence-corrected chi connectivity index (χ1v) is 9.13. The molecule has 0 amide bonds. The molecule has 1 aliphatic carbocycles. The molecule has 118 valence electrons. The minimum absolute atomic E-state index is 0.163. The molecule has 5 heteroatoms. The van der Waals surface area contributed by atoms with Crippen molar-refractivity contribution in [3.63, 3.8) is 0 Å². The van der Waals surface area contributed by atoms with Crippen LogP contribution in [-0.2, 0) is 10.0 Å². The van der Waals surface area contributed by atoms with Crippen molar-refractivity contribution in [1.29, 1.82) is 0 Å². The van der Waals surface area contributed by atoms with E-state index >= 15 is 0 Å². The minimum atomic E-state index is -3.61. The molecular formula is C16H26N2O2S. The Morgan fingerprint density at radius 3 is 2.38 bits per heavy atom. The zero-order valence-corrected chi connectivity index (χ0v) is 13.9. The van der Waals surface area contributed by atoms with Crippen LogP contribution in [0.2, 0.25) is 0 Å². The Labute approximate surface area is 128 Å². The second kappa shape index (κ2) is 6.07. The van der Waals surface area contributed by atoms with Crippen molar-refractivity contribution in [2.75, 3.05) is 0 Å². The van der Waals surface area contributed by atoms with Crippen molar-refractivity contribution in [1.82, 2.24) is 5.32 Å². The molecule has 0 saturated heterocycles. The fourth-order valence-electron chi connectivity index (χ4n) is 3.15. The molecule has 2 rings (SSSR count). The second-order valence-electron chi connectivity index (χ2n) is 6.79. The number of nitrogens with one attached hydrogen (secondary N) is 1. The molecular weight excluding hydrogens is 284 g/mol. The summed E-state index contributed by atoms with van der Waals surface area (Å²) in [5.41, 5.74) is 1.40. The molecule has 0 heterocycles. The Bertz CT molecular complexity index is 579. The van der Waals surface area contributed by atoms with Crippen LogP contribution in [0.5, 0.6) is 0 Å². The number of hydrogen-bond donors (Lipinski definition) is 2. The third-order valence-corrected chi connectivity index (χ3v) is 5.60. The van der Waals surface area contributed by atoms with Crippen molar-refractivity contribution >= 4 is 10.0 Å². The lowest BCUT2D eigenvalue weighted by Gasteiger charge is -2.40. The number of primary sulfonamides is 1. The molecule has 4 nitrogen and oxygen atoms in total. The Hall–Kier alpha value is -0.910. The average molecular weight is 310 g/mol. The SMILES string of the molecule is CC(NC1CCCCC1(C)C)c1ccc(S(N)(=O)=O)cc1. The predicted molar refractivity (Wildman–Crippen MR) is 85.4 cm³/mol. The van der Waals surface area contributed by atoms with Crippen LogP contribution in [0.3, 0.4) is 0 Å². The molecule has 0 spiro atoms. The van der Waals surface area contributed by atoms with Gasteiger partial charge in [-0.3, -0.25) is 0 Å². The van der Waals surface area contributed by atoms with Gasteiger partial charge < -0.3 is 5.32 Å². The number of hydrogen-bond acceptors (Lipinski definition) is 3. The summed E-state index contributed by atoms with van der Waals surface area (Å²) in [5.74, 6) is 0. The van der Waals surface area contributed by atoms with Crippen LogP contribution >= 0.6 is 0 Å². The summed E-state index contributed by atoms with van der Waals surface area (Å²) < 4.78 is 22.6. The fourth-order valence-corrected chi connectivity index (χ4v) is 3.66. The largest absolute Gasteiger partial charge is 0.307 e. The molecule has 1 fully saturated rings. The first-order chi connectivity index (χ1) is 9.70. The molecule has 0 aliphatic heterocycles. The number of sulfonamides is 1. The highest BCUT2D eigenvalue weighted by Crippen LogP contribution is 2.36.